The van der Waals surface area contributed by atoms with Crippen molar-refractivity contribution >= 4 is 43.5 Å². The highest BCUT2D eigenvalue weighted by Crippen LogP contribution is 2.26. The summed E-state index contributed by atoms with van der Waals surface area (Å²) in [5, 5.41) is 2.88. The van der Waals surface area contributed by atoms with Crippen LogP contribution in [-0.4, -0.2) is 50.5 Å². The molecule has 1 unspecified atom stereocenters. The van der Waals surface area contributed by atoms with Gasteiger partial charge in [-0.25, -0.2) is 8.42 Å². The molecule has 0 aliphatic carbocycles. The molecule has 2 aromatic rings. The molecule has 36 heavy (non-hydrogen) atoms. The molecule has 0 aliphatic heterocycles. The number of hydrogen-bond donors (Lipinski definition) is 1. The van der Waals surface area contributed by atoms with E-state index in [-0.39, 0.29) is 23.8 Å². The Kier molecular flexibility index (Phi) is 10.1. The van der Waals surface area contributed by atoms with Crippen molar-refractivity contribution in [2.24, 2.45) is 5.92 Å². The molecular formula is C27H38BrN3O4S. The zero-order valence-corrected chi connectivity index (χ0v) is 24.6. The summed E-state index contributed by atoms with van der Waals surface area (Å²) < 4.78 is 27.4. The molecule has 0 aliphatic rings. The Morgan fingerprint density at radius 2 is 1.64 bits per heavy atom. The molecule has 9 heteroatoms. The van der Waals surface area contributed by atoms with Crippen LogP contribution in [0, 0.1) is 5.92 Å². The SMILES string of the molecule is CC(C)CNC(=O)C(C)N(Cc1cccc(Br)c1)C(=O)CN(c1ccc(C(C)(C)C)cc1)S(C)(=O)=O. The maximum absolute atomic E-state index is 13.6. The first kappa shape index (κ1) is 29.8. The highest BCUT2D eigenvalue weighted by Gasteiger charge is 2.30. The van der Waals surface area contributed by atoms with Gasteiger partial charge in [-0.1, -0.05) is 74.8 Å². The maximum atomic E-state index is 13.6. The molecule has 0 saturated carbocycles. The van der Waals surface area contributed by atoms with E-state index >= 15 is 0 Å². The number of carbonyl (C=O) groups is 2. The molecule has 198 valence electrons. The standard InChI is InChI=1S/C27H38BrN3O4S/c1-19(2)16-29-26(33)20(3)30(17-21-9-8-10-23(28)15-21)25(32)18-31(36(7,34)35)24-13-11-22(12-14-24)27(4,5)6/h8-15,19-20H,16-18H2,1-7H3,(H,29,33). The van der Waals surface area contributed by atoms with Crippen LogP contribution in [0.1, 0.15) is 52.7 Å². The minimum Gasteiger partial charge on any atom is -0.354 e. The molecule has 0 heterocycles. The van der Waals surface area contributed by atoms with Gasteiger partial charge in [0.15, 0.2) is 0 Å². The summed E-state index contributed by atoms with van der Waals surface area (Å²) in [5.74, 6) is -0.493. The third kappa shape index (κ3) is 8.62. The number of hydrogen-bond acceptors (Lipinski definition) is 4. The zero-order valence-electron chi connectivity index (χ0n) is 22.2. The molecule has 0 spiro atoms. The van der Waals surface area contributed by atoms with Crippen LogP contribution in [0.3, 0.4) is 0 Å². The highest BCUT2D eigenvalue weighted by molar-refractivity contribution is 9.10. The van der Waals surface area contributed by atoms with E-state index in [0.29, 0.717) is 12.2 Å². The summed E-state index contributed by atoms with van der Waals surface area (Å²) in [4.78, 5) is 27.9. The molecule has 0 radical (unpaired) electrons. The fourth-order valence-electron chi connectivity index (χ4n) is 3.61. The first-order valence-electron chi connectivity index (χ1n) is 12.0. The van der Waals surface area contributed by atoms with Gasteiger partial charge < -0.3 is 10.2 Å². The lowest BCUT2D eigenvalue weighted by Gasteiger charge is -2.32. The van der Waals surface area contributed by atoms with Crippen LogP contribution < -0.4 is 9.62 Å². The molecule has 0 saturated heterocycles. The van der Waals surface area contributed by atoms with Crippen molar-refractivity contribution in [1.82, 2.24) is 10.2 Å². The summed E-state index contributed by atoms with van der Waals surface area (Å²) in [6.07, 6.45) is 1.08. The quantitative estimate of drug-likeness (QED) is 0.442. The largest absolute Gasteiger partial charge is 0.354 e. The van der Waals surface area contributed by atoms with Gasteiger partial charge in [-0.3, -0.25) is 13.9 Å². The lowest BCUT2D eigenvalue weighted by atomic mass is 9.87. The molecule has 7 nitrogen and oxygen atoms in total. The lowest BCUT2D eigenvalue weighted by molar-refractivity contribution is -0.139. The first-order valence-corrected chi connectivity index (χ1v) is 14.6. The van der Waals surface area contributed by atoms with Gasteiger partial charge in [0.1, 0.15) is 12.6 Å². The van der Waals surface area contributed by atoms with E-state index in [1.807, 2.05) is 50.2 Å². The van der Waals surface area contributed by atoms with Gasteiger partial charge in [0, 0.05) is 17.6 Å². The number of benzene rings is 2. The Balaban J connectivity index is 2.38. The van der Waals surface area contributed by atoms with Crippen LogP contribution in [0.2, 0.25) is 0 Å². The van der Waals surface area contributed by atoms with Crippen LogP contribution in [-0.2, 0) is 31.6 Å². The van der Waals surface area contributed by atoms with Gasteiger partial charge in [0.25, 0.3) is 0 Å². The molecule has 2 aromatic carbocycles. The van der Waals surface area contributed by atoms with Crippen molar-refractivity contribution in [2.75, 3.05) is 23.7 Å². The van der Waals surface area contributed by atoms with E-state index in [0.717, 1.165) is 26.2 Å². The third-order valence-electron chi connectivity index (χ3n) is 5.79. The van der Waals surface area contributed by atoms with Gasteiger partial charge in [0.2, 0.25) is 21.8 Å². The molecule has 2 amide bonds. The average Bonchev–Trinajstić information content (AvgIpc) is 2.77. The number of carbonyl (C=O) groups excluding carboxylic acids is 2. The van der Waals surface area contributed by atoms with Gasteiger partial charge in [-0.05, 0) is 53.6 Å². The minimum absolute atomic E-state index is 0.0934. The van der Waals surface area contributed by atoms with E-state index in [2.05, 4.69) is 42.0 Å². The maximum Gasteiger partial charge on any atom is 0.244 e. The number of halogens is 1. The molecular weight excluding hydrogens is 542 g/mol. The van der Waals surface area contributed by atoms with Crippen molar-refractivity contribution < 1.29 is 18.0 Å². The van der Waals surface area contributed by atoms with E-state index in [9.17, 15) is 18.0 Å². The Morgan fingerprint density at radius 1 is 1.03 bits per heavy atom. The van der Waals surface area contributed by atoms with Gasteiger partial charge in [-0.15, -0.1) is 0 Å². The molecule has 1 atom stereocenters. The fourth-order valence-corrected chi connectivity index (χ4v) is 4.90. The predicted octanol–water partition coefficient (Wildman–Crippen LogP) is 4.70. The summed E-state index contributed by atoms with van der Waals surface area (Å²) in [7, 11) is -3.76. The summed E-state index contributed by atoms with van der Waals surface area (Å²) in [6.45, 7) is 12.1. The molecule has 0 bridgehead atoms. The zero-order chi connectivity index (χ0) is 27.3. The summed E-state index contributed by atoms with van der Waals surface area (Å²) >= 11 is 3.44. The number of nitrogens with zero attached hydrogens (tertiary/aromatic N) is 2. The second-order valence-corrected chi connectivity index (χ2v) is 13.4. The monoisotopic (exact) mass is 579 g/mol. The topological polar surface area (TPSA) is 86.8 Å². The second kappa shape index (κ2) is 12.2. The minimum atomic E-state index is -3.76. The third-order valence-corrected chi connectivity index (χ3v) is 7.43. The molecule has 0 fully saturated rings. The fraction of sp³-hybridized carbons (Fsp3) is 0.481. The van der Waals surface area contributed by atoms with E-state index in [1.165, 1.54) is 4.90 Å². The van der Waals surface area contributed by atoms with Crippen LogP contribution in [0.25, 0.3) is 0 Å². The van der Waals surface area contributed by atoms with Crippen molar-refractivity contribution in [2.45, 2.75) is 59.5 Å². The highest BCUT2D eigenvalue weighted by atomic mass is 79.9. The molecule has 0 aromatic heterocycles. The number of anilines is 1. The number of rotatable bonds is 10. The van der Waals surface area contributed by atoms with Gasteiger partial charge in [-0.2, -0.15) is 0 Å². The number of nitrogens with one attached hydrogen (secondary N) is 1. The van der Waals surface area contributed by atoms with Gasteiger partial charge >= 0.3 is 0 Å². The van der Waals surface area contributed by atoms with Gasteiger partial charge in [0.05, 0.1) is 11.9 Å². The van der Waals surface area contributed by atoms with Crippen LogP contribution in [0.15, 0.2) is 53.0 Å². The van der Waals surface area contributed by atoms with Crippen LogP contribution in [0.4, 0.5) is 5.69 Å². The molecule has 1 N–H and O–H groups in total. The lowest BCUT2D eigenvalue weighted by Crippen LogP contribution is -2.51. The predicted molar refractivity (Wildman–Crippen MR) is 149 cm³/mol. The Labute approximate surface area is 224 Å². The average molecular weight is 581 g/mol. The Morgan fingerprint density at radius 3 is 2.14 bits per heavy atom. The Hall–Kier alpha value is -2.39. The van der Waals surface area contributed by atoms with E-state index in [4.69, 9.17) is 0 Å². The first-order chi connectivity index (χ1) is 16.6. The van der Waals surface area contributed by atoms with Crippen molar-refractivity contribution in [3.05, 3.63) is 64.1 Å². The van der Waals surface area contributed by atoms with E-state index in [1.54, 1.807) is 19.1 Å². The number of amides is 2. The second-order valence-electron chi connectivity index (χ2n) is 10.5. The van der Waals surface area contributed by atoms with E-state index < -0.39 is 28.5 Å². The van der Waals surface area contributed by atoms with Crippen LogP contribution in [0.5, 0.6) is 0 Å². The van der Waals surface area contributed by atoms with Crippen molar-refractivity contribution in [1.29, 1.82) is 0 Å². The van der Waals surface area contributed by atoms with Crippen molar-refractivity contribution in [3.8, 4) is 0 Å². The van der Waals surface area contributed by atoms with Crippen molar-refractivity contribution in [3.63, 3.8) is 0 Å². The Bertz CT molecular complexity index is 1160. The molecule has 2 rings (SSSR count). The van der Waals surface area contributed by atoms with Crippen LogP contribution >= 0.6 is 15.9 Å². The summed E-state index contributed by atoms with van der Waals surface area (Å²) in [6, 6.07) is 13.9. The normalized spacial score (nSPS) is 12.8. The smallest absolute Gasteiger partial charge is 0.244 e. The number of sulfonamides is 1. The summed E-state index contributed by atoms with van der Waals surface area (Å²) in [5.41, 5.74) is 2.18.